The van der Waals surface area contributed by atoms with Crippen LogP contribution in [-0.2, 0) is 4.79 Å². The summed E-state index contributed by atoms with van der Waals surface area (Å²) in [5.74, 6) is 1.14. The predicted octanol–water partition coefficient (Wildman–Crippen LogP) is 2.86. The number of carbonyl (C=O) groups is 1. The Morgan fingerprint density at radius 1 is 1.58 bits per heavy atom. The smallest absolute Gasteiger partial charge is 0.231 e. The molecule has 1 heterocycles. The van der Waals surface area contributed by atoms with Crippen LogP contribution in [0.15, 0.2) is 23.4 Å². The molecular formula is C17H20N4O2S. The molecule has 1 aromatic heterocycles. The molecule has 1 aliphatic carbocycles. The zero-order valence-electron chi connectivity index (χ0n) is 13.8. The van der Waals surface area contributed by atoms with Gasteiger partial charge in [-0.15, -0.1) is 0 Å². The van der Waals surface area contributed by atoms with Gasteiger partial charge in [-0.05, 0) is 44.7 Å². The summed E-state index contributed by atoms with van der Waals surface area (Å²) in [7, 11) is 0. The lowest BCUT2D eigenvalue weighted by Gasteiger charge is -2.22. The zero-order chi connectivity index (χ0) is 17.2. The Hall–Kier alpha value is -2.20. The lowest BCUT2D eigenvalue weighted by atomic mass is 9.98. The molecule has 7 heteroatoms. The predicted molar refractivity (Wildman–Crippen MR) is 92.9 cm³/mol. The molecule has 0 saturated heterocycles. The number of aromatic nitrogens is 2. The van der Waals surface area contributed by atoms with Crippen molar-refractivity contribution in [3.8, 4) is 11.8 Å². The number of benzene rings is 1. The number of nitrogens with one attached hydrogen (secondary N) is 2. The van der Waals surface area contributed by atoms with Crippen molar-refractivity contribution in [3.05, 3.63) is 18.2 Å². The average Bonchev–Trinajstić information content (AvgIpc) is 3.34. The fourth-order valence-corrected chi connectivity index (χ4v) is 3.32. The van der Waals surface area contributed by atoms with Gasteiger partial charge in [0, 0.05) is 6.07 Å². The number of H-pyrrole nitrogens is 1. The number of amides is 1. The van der Waals surface area contributed by atoms with Gasteiger partial charge in [0.2, 0.25) is 5.91 Å². The van der Waals surface area contributed by atoms with Gasteiger partial charge in [0.15, 0.2) is 5.16 Å². The maximum atomic E-state index is 12.1. The quantitative estimate of drug-likeness (QED) is 0.754. The Kier molecular flexibility index (Phi) is 4.67. The Balaban J connectivity index is 1.61. The fourth-order valence-electron chi connectivity index (χ4n) is 2.63. The minimum Gasteiger partial charge on any atom is -0.494 e. The number of nitriles is 1. The summed E-state index contributed by atoms with van der Waals surface area (Å²) in [5.41, 5.74) is 0.961. The molecule has 0 bridgehead atoms. The Labute approximate surface area is 145 Å². The van der Waals surface area contributed by atoms with Crippen LogP contribution in [0.2, 0.25) is 0 Å². The number of hydrogen-bond acceptors (Lipinski definition) is 5. The Morgan fingerprint density at radius 3 is 3.04 bits per heavy atom. The first-order valence-electron chi connectivity index (χ1n) is 8.01. The first-order valence-corrected chi connectivity index (χ1v) is 9.00. The molecule has 1 amide bonds. The highest BCUT2D eigenvalue weighted by molar-refractivity contribution is 7.99. The molecule has 0 spiro atoms. The summed E-state index contributed by atoms with van der Waals surface area (Å²) in [5, 5.41) is 12.8. The highest BCUT2D eigenvalue weighted by Gasteiger charge is 2.42. The number of rotatable bonds is 7. The van der Waals surface area contributed by atoms with Crippen molar-refractivity contribution in [2.24, 2.45) is 5.92 Å². The molecule has 126 valence electrons. The van der Waals surface area contributed by atoms with Crippen molar-refractivity contribution in [2.45, 2.75) is 37.4 Å². The van der Waals surface area contributed by atoms with E-state index in [-0.39, 0.29) is 17.6 Å². The number of thioether (sulfide) groups is 1. The normalized spacial score (nSPS) is 16.4. The molecule has 1 saturated carbocycles. The number of imidazole rings is 1. The number of fused-ring (bicyclic) bond motifs is 1. The zero-order valence-corrected chi connectivity index (χ0v) is 14.6. The van der Waals surface area contributed by atoms with Gasteiger partial charge < -0.3 is 15.0 Å². The van der Waals surface area contributed by atoms with Gasteiger partial charge in [-0.1, -0.05) is 11.8 Å². The van der Waals surface area contributed by atoms with E-state index in [1.165, 1.54) is 11.8 Å². The van der Waals surface area contributed by atoms with Crippen LogP contribution in [0.4, 0.5) is 0 Å². The van der Waals surface area contributed by atoms with Crippen molar-refractivity contribution in [1.29, 1.82) is 5.26 Å². The fraction of sp³-hybridized carbons (Fsp3) is 0.471. The van der Waals surface area contributed by atoms with Gasteiger partial charge in [-0.2, -0.15) is 5.26 Å². The van der Waals surface area contributed by atoms with Crippen LogP contribution >= 0.6 is 11.8 Å². The second-order valence-corrected chi connectivity index (χ2v) is 7.04. The van der Waals surface area contributed by atoms with Crippen LogP contribution in [0.3, 0.4) is 0 Å². The van der Waals surface area contributed by atoms with Gasteiger partial charge in [0.25, 0.3) is 0 Å². The summed E-state index contributed by atoms with van der Waals surface area (Å²) in [6.45, 7) is 4.34. The van der Waals surface area contributed by atoms with Crippen molar-refractivity contribution < 1.29 is 9.53 Å². The third kappa shape index (κ3) is 3.65. The summed E-state index contributed by atoms with van der Waals surface area (Å²) < 4.78 is 5.47. The summed E-state index contributed by atoms with van der Waals surface area (Å²) in [6, 6.07) is 7.90. The van der Waals surface area contributed by atoms with E-state index >= 15 is 0 Å². The third-order valence-corrected chi connectivity index (χ3v) is 4.98. The van der Waals surface area contributed by atoms with Gasteiger partial charge in [0.05, 0.1) is 29.5 Å². The Morgan fingerprint density at radius 2 is 2.38 bits per heavy atom. The van der Waals surface area contributed by atoms with Crippen LogP contribution < -0.4 is 10.1 Å². The van der Waals surface area contributed by atoms with E-state index < -0.39 is 5.54 Å². The monoisotopic (exact) mass is 344 g/mol. The maximum absolute atomic E-state index is 12.1. The van der Waals surface area contributed by atoms with Gasteiger partial charge in [0.1, 0.15) is 11.3 Å². The van der Waals surface area contributed by atoms with Crippen molar-refractivity contribution in [1.82, 2.24) is 15.3 Å². The molecule has 0 aliphatic heterocycles. The van der Waals surface area contributed by atoms with E-state index in [0.717, 1.165) is 29.6 Å². The third-order valence-electron chi connectivity index (χ3n) is 4.11. The minimum atomic E-state index is -0.752. The molecule has 6 nitrogen and oxygen atoms in total. The van der Waals surface area contributed by atoms with Gasteiger partial charge in [-0.3, -0.25) is 4.79 Å². The second kappa shape index (κ2) is 6.73. The maximum Gasteiger partial charge on any atom is 0.231 e. The van der Waals surface area contributed by atoms with Crippen molar-refractivity contribution in [3.63, 3.8) is 0 Å². The number of nitrogens with zero attached hydrogens (tertiary/aromatic N) is 2. The van der Waals surface area contributed by atoms with E-state index in [1.54, 1.807) is 6.92 Å². The van der Waals surface area contributed by atoms with Crippen molar-refractivity contribution in [2.75, 3.05) is 12.4 Å². The van der Waals surface area contributed by atoms with Crippen LogP contribution in [0.25, 0.3) is 11.0 Å². The minimum absolute atomic E-state index is 0.147. The molecule has 2 N–H and O–H groups in total. The SMILES string of the molecule is CCOc1ccc2nc(SCC(=O)NC(C)(C#N)C3CC3)[nH]c2c1. The van der Waals surface area contributed by atoms with Gasteiger partial charge in [-0.25, -0.2) is 4.98 Å². The van der Waals surface area contributed by atoms with E-state index in [4.69, 9.17) is 4.74 Å². The van der Waals surface area contributed by atoms with Gasteiger partial charge >= 0.3 is 0 Å². The largest absolute Gasteiger partial charge is 0.494 e. The molecule has 1 aliphatic rings. The first-order chi connectivity index (χ1) is 11.5. The molecule has 24 heavy (non-hydrogen) atoms. The van der Waals surface area contributed by atoms with Crippen LogP contribution in [0.1, 0.15) is 26.7 Å². The molecular weight excluding hydrogens is 324 g/mol. The van der Waals surface area contributed by atoms with E-state index in [9.17, 15) is 10.1 Å². The topological polar surface area (TPSA) is 90.8 Å². The molecule has 0 radical (unpaired) electrons. The van der Waals surface area contributed by atoms with Crippen LogP contribution in [0, 0.1) is 17.2 Å². The summed E-state index contributed by atoms with van der Waals surface area (Å²) >= 11 is 1.33. The highest BCUT2D eigenvalue weighted by Crippen LogP contribution is 2.39. The number of ether oxygens (including phenoxy) is 1. The molecule has 1 aromatic carbocycles. The number of hydrogen-bond donors (Lipinski definition) is 2. The average molecular weight is 344 g/mol. The summed E-state index contributed by atoms with van der Waals surface area (Å²) in [4.78, 5) is 19.8. The lowest BCUT2D eigenvalue weighted by molar-refractivity contribution is -0.119. The van der Waals surface area contributed by atoms with E-state index in [1.807, 2.05) is 25.1 Å². The summed E-state index contributed by atoms with van der Waals surface area (Å²) in [6.07, 6.45) is 2.01. The molecule has 3 rings (SSSR count). The van der Waals surface area contributed by atoms with Crippen LogP contribution in [0.5, 0.6) is 5.75 Å². The second-order valence-electron chi connectivity index (χ2n) is 6.08. The number of carbonyl (C=O) groups excluding carboxylic acids is 1. The van der Waals surface area contributed by atoms with E-state index in [0.29, 0.717) is 11.8 Å². The molecule has 1 atom stereocenters. The molecule has 1 fully saturated rings. The molecule has 2 aromatic rings. The Bertz CT molecular complexity index is 793. The van der Waals surface area contributed by atoms with E-state index in [2.05, 4.69) is 21.4 Å². The highest BCUT2D eigenvalue weighted by atomic mass is 32.2. The number of aromatic amines is 1. The lowest BCUT2D eigenvalue weighted by Crippen LogP contribution is -2.47. The molecule has 1 unspecified atom stereocenters. The standard InChI is InChI=1S/C17H20N4O2S/c1-3-23-12-6-7-13-14(8-12)20-16(19-13)24-9-15(22)21-17(2,10-18)11-4-5-11/h6-8,11H,3-5,9H2,1-2H3,(H,19,20)(H,21,22). The van der Waals surface area contributed by atoms with Crippen LogP contribution in [-0.4, -0.2) is 33.8 Å². The first kappa shape index (κ1) is 16.7. The van der Waals surface area contributed by atoms with Crippen molar-refractivity contribution >= 4 is 28.7 Å².